The van der Waals surface area contributed by atoms with E-state index in [1.807, 2.05) is 77.6 Å². The smallest absolute Gasteiger partial charge is 0.111 e. The van der Waals surface area contributed by atoms with Gasteiger partial charge >= 0.3 is 0 Å². The maximum atomic E-state index is 8.36. The molecule has 2 aromatic heterocycles. The van der Waals surface area contributed by atoms with E-state index in [9.17, 15) is 0 Å². The molecule has 2 heterocycles. The van der Waals surface area contributed by atoms with Crippen molar-refractivity contribution >= 4 is 32.6 Å². The molecule has 0 saturated carbocycles. The second-order valence-electron chi connectivity index (χ2n) is 8.86. The normalized spacial score (nSPS) is 13.1. The number of rotatable bonds is 3. The van der Waals surface area contributed by atoms with Crippen molar-refractivity contribution in [2.24, 2.45) is 0 Å². The van der Waals surface area contributed by atoms with Crippen molar-refractivity contribution in [3.63, 3.8) is 0 Å². The van der Waals surface area contributed by atoms with Crippen LogP contribution in [0.25, 0.3) is 60.5 Å². The zero-order chi connectivity index (χ0) is 26.6. The van der Waals surface area contributed by atoms with Crippen molar-refractivity contribution in [2.75, 3.05) is 0 Å². The molecule has 0 aliphatic heterocycles. The fourth-order valence-corrected chi connectivity index (χ4v) is 5.37. The van der Waals surface area contributed by atoms with Gasteiger partial charge in [-0.3, -0.25) is 9.55 Å². The Balaban J connectivity index is 1.67. The fourth-order valence-electron chi connectivity index (χ4n) is 5.37. The summed E-state index contributed by atoms with van der Waals surface area (Å²) < 4.78 is 26.9. The van der Waals surface area contributed by atoms with Gasteiger partial charge in [0.05, 0.1) is 16.7 Å². The van der Waals surface area contributed by atoms with E-state index >= 15 is 0 Å². The van der Waals surface area contributed by atoms with Gasteiger partial charge in [0.25, 0.3) is 0 Å². The largest absolute Gasteiger partial charge is 0.295 e. The second-order valence-corrected chi connectivity index (χ2v) is 8.86. The first-order chi connectivity index (χ1) is 19.0. The molecule has 0 saturated heterocycles. The number of para-hydroxylation sites is 2. The Morgan fingerprint density at radius 2 is 1.19 bits per heavy atom. The molecule has 5 aromatic carbocycles. The molecule has 0 atom stereocenters. The summed E-state index contributed by atoms with van der Waals surface area (Å²) in [5.41, 5.74) is 6.66. The summed E-state index contributed by atoms with van der Waals surface area (Å²) in [6.45, 7) is -2.39. The summed E-state index contributed by atoms with van der Waals surface area (Å²) in [7, 11) is 0. The van der Waals surface area contributed by atoms with E-state index < -0.39 is 6.85 Å². The molecule has 0 unspecified atom stereocenters. The molecule has 0 fully saturated rings. The molecule has 170 valence electrons. The number of benzene rings is 5. The number of hydrogen-bond donors (Lipinski definition) is 0. The number of hydrogen-bond acceptors (Lipinski definition) is 2. The highest BCUT2D eigenvalue weighted by Gasteiger charge is 2.20. The standard InChI is InChI=1S/C33H23N3/c1-22-35-30-16-8-9-17-31(30)36(22)33-28-14-6-4-12-26(28)32(27-13-5-7-15-29(27)33)25-11-3-2-10-24(25)23-18-20-34-21-19-23/h2-21H,1H3/i1D3. The van der Waals surface area contributed by atoms with Crippen LogP contribution in [0.15, 0.2) is 122 Å². The van der Waals surface area contributed by atoms with Crippen LogP contribution in [-0.4, -0.2) is 14.5 Å². The third kappa shape index (κ3) is 3.06. The lowest BCUT2D eigenvalue weighted by Gasteiger charge is -2.20. The molecule has 0 radical (unpaired) electrons. The van der Waals surface area contributed by atoms with Gasteiger partial charge < -0.3 is 0 Å². The molecule has 0 bridgehead atoms. The van der Waals surface area contributed by atoms with Crippen LogP contribution < -0.4 is 0 Å². The highest BCUT2D eigenvalue weighted by atomic mass is 15.1. The summed E-state index contributed by atoms with van der Waals surface area (Å²) in [6.07, 6.45) is 3.62. The Kier molecular flexibility index (Phi) is 4.01. The summed E-state index contributed by atoms with van der Waals surface area (Å²) in [6, 6.07) is 36.6. The van der Waals surface area contributed by atoms with Crippen LogP contribution in [0.2, 0.25) is 0 Å². The lowest BCUT2D eigenvalue weighted by molar-refractivity contribution is 1.02. The highest BCUT2D eigenvalue weighted by molar-refractivity contribution is 6.19. The molecule has 0 aliphatic carbocycles. The van der Waals surface area contributed by atoms with E-state index in [2.05, 4.69) is 58.5 Å². The van der Waals surface area contributed by atoms with E-state index in [0.29, 0.717) is 5.52 Å². The summed E-state index contributed by atoms with van der Waals surface area (Å²) in [4.78, 5) is 8.81. The maximum Gasteiger partial charge on any atom is 0.111 e. The fraction of sp³-hybridized carbons (Fsp3) is 0.0303. The number of nitrogens with zero attached hydrogens (tertiary/aromatic N) is 3. The lowest BCUT2D eigenvalue weighted by atomic mass is 9.87. The Bertz CT molecular complexity index is 1950. The first-order valence-corrected chi connectivity index (χ1v) is 11.9. The number of aromatic nitrogens is 3. The van der Waals surface area contributed by atoms with E-state index in [4.69, 9.17) is 4.11 Å². The Morgan fingerprint density at radius 1 is 0.611 bits per heavy atom. The first-order valence-electron chi connectivity index (χ1n) is 13.4. The van der Waals surface area contributed by atoms with Gasteiger partial charge in [0.2, 0.25) is 0 Å². The van der Waals surface area contributed by atoms with Gasteiger partial charge in [-0.1, -0.05) is 84.9 Å². The summed E-state index contributed by atoms with van der Waals surface area (Å²) >= 11 is 0. The van der Waals surface area contributed by atoms with Gasteiger partial charge in [0.1, 0.15) is 5.82 Å². The van der Waals surface area contributed by atoms with E-state index in [1.165, 1.54) is 0 Å². The Morgan fingerprint density at radius 3 is 1.89 bits per heavy atom. The predicted molar refractivity (Wildman–Crippen MR) is 149 cm³/mol. The molecular formula is C33H23N3. The lowest BCUT2D eigenvalue weighted by Crippen LogP contribution is -2.01. The van der Waals surface area contributed by atoms with Crippen molar-refractivity contribution in [2.45, 2.75) is 6.85 Å². The van der Waals surface area contributed by atoms with Gasteiger partial charge in [-0.15, -0.1) is 0 Å². The molecule has 0 N–H and O–H groups in total. The SMILES string of the molecule is [2H]C([2H])([2H])c1nc2ccccc2n1-c1c2ccccc2c(-c2ccccc2-c2ccncc2)c2ccccc12. The van der Waals surface area contributed by atoms with Crippen molar-refractivity contribution < 1.29 is 4.11 Å². The molecule has 3 heteroatoms. The first kappa shape index (κ1) is 17.6. The van der Waals surface area contributed by atoms with Crippen LogP contribution in [-0.2, 0) is 0 Å². The molecular weight excluding hydrogens is 438 g/mol. The maximum absolute atomic E-state index is 8.36. The van der Waals surface area contributed by atoms with E-state index in [1.54, 1.807) is 0 Å². The number of aryl methyl sites for hydroxylation is 1. The van der Waals surface area contributed by atoms with Crippen LogP contribution >= 0.6 is 0 Å². The zero-order valence-corrected chi connectivity index (χ0v) is 19.4. The van der Waals surface area contributed by atoms with Crippen LogP contribution in [0.4, 0.5) is 0 Å². The van der Waals surface area contributed by atoms with Crippen molar-refractivity contribution in [1.29, 1.82) is 0 Å². The van der Waals surface area contributed by atoms with Crippen LogP contribution in [0.1, 0.15) is 9.94 Å². The van der Waals surface area contributed by atoms with Gasteiger partial charge in [-0.25, -0.2) is 4.98 Å². The highest BCUT2D eigenvalue weighted by Crippen LogP contribution is 2.44. The second kappa shape index (κ2) is 8.17. The zero-order valence-electron chi connectivity index (χ0n) is 22.4. The van der Waals surface area contributed by atoms with Gasteiger partial charge in [0.15, 0.2) is 0 Å². The molecule has 0 amide bonds. The van der Waals surface area contributed by atoms with E-state index in [-0.39, 0.29) is 5.82 Å². The molecule has 7 rings (SSSR count). The summed E-state index contributed by atoms with van der Waals surface area (Å²) in [5.74, 6) is 0.0592. The van der Waals surface area contributed by atoms with Crippen LogP contribution in [0, 0.1) is 6.85 Å². The van der Waals surface area contributed by atoms with Crippen LogP contribution in [0.3, 0.4) is 0 Å². The summed E-state index contributed by atoms with van der Waals surface area (Å²) in [5, 5.41) is 4.01. The monoisotopic (exact) mass is 464 g/mol. The predicted octanol–water partition coefficient (Wildman–Crippen LogP) is 8.37. The molecule has 7 aromatic rings. The van der Waals surface area contributed by atoms with Crippen molar-refractivity contribution in [3.8, 4) is 27.9 Å². The minimum Gasteiger partial charge on any atom is -0.295 e. The van der Waals surface area contributed by atoms with Crippen molar-refractivity contribution in [1.82, 2.24) is 14.5 Å². The molecule has 3 nitrogen and oxygen atoms in total. The average molecular weight is 465 g/mol. The van der Waals surface area contributed by atoms with Crippen LogP contribution in [0.5, 0.6) is 0 Å². The average Bonchev–Trinajstić information content (AvgIpc) is 3.36. The molecule has 0 spiro atoms. The topological polar surface area (TPSA) is 30.7 Å². The minimum absolute atomic E-state index is 0.0592. The Hall–Kier alpha value is -4.76. The molecule has 36 heavy (non-hydrogen) atoms. The number of imidazole rings is 1. The van der Waals surface area contributed by atoms with Crippen molar-refractivity contribution in [3.05, 3.63) is 127 Å². The third-order valence-electron chi connectivity index (χ3n) is 6.88. The van der Waals surface area contributed by atoms with Gasteiger partial charge in [-0.05, 0) is 64.1 Å². The number of fused-ring (bicyclic) bond motifs is 3. The number of pyridine rings is 1. The van der Waals surface area contributed by atoms with Gasteiger partial charge in [0, 0.05) is 27.3 Å². The van der Waals surface area contributed by atoms with E-state index in [0.717, 1.165) is 55.0 Å². The quantitative estimate of drug-likeness (QED) is 0.246. The Labute approximate surface area is 213 Å². The minimum atomic E-state index is -2.39. The van der Waals surface area contributed by atoms with Gasteiger partial charge in [-0.2, -0.15) is 0 Å². The third-order valence-corrected chi connectivity index (χ3v) is 6.88. The molecule has 0 aliphatic rings.